The summed E-state index contributed by atoms with van der Waals surface area (Å²) >= 11 is 1.56. The number of nitrogens with one attached hydrogen (secondary N) is 2. The third kappa shape index (κ3) is 3.53. The van der Waals surface area contributed by atoms with E-state index in [-0.39, 0.29) is 5.91 Å². The van der Waals surface area contributed by atoms with Crippen molar-refractivity contribution in [2.24, 2.45) is 0 Å². The molecule has 2 aromatic rings. The fourth-order valence-electron chi connectivity index (χ4n) is 1.24. The second-order valence-electron chi connectivity index (χ2n) is 3.42. The van der Waals surface area contributed by atoms with Crippen molar-refractivity contribution >= 4 is 23.3 Å². The number of aryl methyl sites for hydroxylation is 1. The van der Waals surface area contributed by atoms with Crippen molar-refractivity contribution in [3.05, 3.63) is 40.4 Å². The number of carbonyl (C=O) groups excluding carboxylic acids is 1. The molecule has 6 heteroatoms. The minimum atomic E-state index is -0.148. The Labute approximate surface area is 103 Å². The average molecular weight is 248 g/mol. The molecule has 0 aliphatic carbocycles. The quantitative estimate of drug-likeness (QED) is 0.806. The minimum absolute atomic E-state index is 0.148. The molecule has 0 atom stereocenters. The van der Waals surface area contributed by atoms with Crippen LogP contribution in [0, 0.1) is 6.92 Å². The first-order valence-corrected chi connectivity index (χ1v) is 5.97. The van der Waals surface area contributed by atoms with Gasteiger partial charge in [0.2, 0.25) is 5.91 Å². The normalized spacial score (nSPS) is 10.9. The zero-order chi connectivity index (χ0) is 12.1. The lowest BCUT2D eigenvalue weighted by molar-refractivity contribution is -0.116. The molecule has 0 bridgehead atoms. The first-order valence-electron chi connectivity index (χ1n) is 5.09. The first kappa shape index (κ1) is 11.5. The van der Waals surface area contributed by atoms with Crippen molar-refractivity contribution in [3.63, 3.8) is 0 Å². The molecule has 0 spiro atoms. The van der Waals surface area contributed by atoms with Crippen LogP contribution >= 0.6 is 11.3 Å². The van der Waals surface area contributed by atoms with E-state index in [0.29, 0.717) is 6.54 Å². The Balaban J connectivity index is 1.83. The van der Waals surface area contributed by atoms with Gasteiger partial charge in [-0.1, -0.05) is 0 Å². The van der Waals surface area contributed by atoms with Crippen molar-refractivity contribution in [2.45, 2.75) is 13.5 Å². The van der Waals surface area contributed by atoms with Gasteiger partial charge in [-0.3, -0.25) is 4.79 Å². The molecular weight excluding hydrogens is 236 g/mol. The summed E-state index contributed by atoms with van der Waals surface area (Å²) in [4.78, 5) is 22.5. The van der Waals surface area contributed by atoms with Crippen LogP contribution in [0.1, 0.15) is 16.4 Å². The summed E-state index contributed by atoms with van der Waals surface area (Å²) < 4.78 is 0. The van der Waals surface area contributed by atoms with Gasteiger partial charge >= 0.3 is 0 Å². The van der Waals surface area contributed by atoms with Gasteiger partial charge in [0.25, 0.3) is 0 Å². The number of carbonyl (C=O) groups is 1. The highest BCUT2D eigenvalue weighted by Gasteiger charge is 1.98. The van der Waals surface area contributed by atoms with Crippen LogP contribution in [0.4, 0.5) is 0 Å². The summed E-state index contributed by atoms with van der Waals surface area (Å²) in [6, 6.07) is 0. The summed E-state index contributed by atoms with van der Waals surface area (Å²) in [5, 5.41) is 5.64. The highest BCUT2D eigenvalue weighted by Crippen LogP contribution is 2.08. The molecule has 2 N–H and O–H groups in total. The topological polar surface area (TPSA) is 70.7 Å². The van der Waals surface area contributed by atoms with Crippen molar-refractivity contribution in [1.82, 2.24) is 20.3 Å². The molecule has 17 heavy (non-hydrogen) atoms. The number of imidazole rings is 1. The minimum Gasteiger partial charge on any atom is -0.347 e. The standard InChI is InChI=1S/C11H12N4OS/c1-8-15-9(6-17-8)2-3-11(16)13-5-10-4-12-7-14-10/h2-4,6-7H,5H2,1H3,(H,12,14)(H,13,16). The zero-order valence-electron chi connectivity index (χ0n) is 9.30. The highest BCUT2D eigenvalue weighted by atomic mass is 32.1. The molecular formula is C11H12N4OS. The van der Waals surface area contributed by atoms with Crippen molar-refractivity contribution in [3.8, 4) is 0 Å². The second kappa shape index (κ2) is 5.40. The van der Waals surface area contributed by atoms with Gasteiger partial charge < -0.3 is 10.3 Å². The van der Waals surface area contributed by atoms with Crippen LogP contribution in [0.3, 0.4) is 0 Å². The third-order valence-electron chi connectivity index (χ3n) is 2.05. The molecule has 0 aliphatic rings. The van der Waals surface area contributed by atoms with E-state index in [9.17, 15) is 4.79 Å². The molecule has 0 saturated carbocycles. The van der Waals surface area contributed by atoms with Crippen molar-refractivity contribution < 1.29 is 4.79 Å². The monoisotopic (exact) mass is 248 g/mol. The summed E-state index contributed by atoms with van der Waals surface area (Å²) in [7, 11) is 0. The third-order valence-corrected chi connectivity index (χ3v) is 2.84. The van der Waals surface area contributed by atoms with Crippen LogP contribution in [-0.4, -0.2) is 20.9 Å². The molecule has 0 saturated heterocycles. The summed E-state index contributed by atoms with van der Waals surface area (Å²) in [6.45, 7) is 2.37. The molecule has 2 aromatic heterocycles. The van der Waals surface area contributed by atoms with E-state index in [1.54, 1.807) is 29.9 Å². The predicted octanol–water partition coefficient (Wildman–Crippen LogP) is 1.50. The zero-order valence-corrected chi connectivity index (χ0v) is 10.1. The lowest BCUT2D eigenvalue weighted by atomic mass is 10.4. The van der Waals surface area contributed by atoms with E-state index in [2.05, 4.69) is 20.3 Å². The number of nitrogens with zero attached hydrogens (tertiary/aromatic N) is 2. The molecule has 0 radical (unpaired) electrons. The molecule has 0 unspecified atom stereocenters. The van der Waals surface area contributed by atoms with Gasteiger partial charge in [0.15, 0.2) is 0 Å². The number of hydrogen-bond acceptors (Lipinski definition) is 4. The lowest BCUT2D eigenvalue weighted by Crippen LogP contribution is -2.20. The van der Waals surface area contributed by atoms with Gasteiger partial charge in [0.05, 0.1) is 29.3 Å². The smallest absolute Gasteiger partial charge is 0.244 e. The van der Waals surface area contributed by atoms with E-state index < -0.39 is 0 Å². The number of hydrogen-bond donors (Lipinski definition) is 2. The van der Waals surface area contributed by atoms with Gasteiger partial charge in [0, 0.05) is 17.7 Å². The van der Waals surface area contributed by atoms with Gasteiger partial charge in [-0.25, -0.2) is 9.97 Å². The van der Waals surface area contributed by atoms with E-state index in [0.717, 1.165) is 16.4 Å². The molecule has 0 aliphatic heterocycles. The first-order chi connectivity index (χ1) is 8.24. The SMILES string of the molecule is Cc1nc(C=CC(=O)NCc2cnc[nH]2)cs1. The van der Waals surface area contributed by atoms with Crippen LogP contribution < -0.4 is 5.32 Å². The Morgan fingerprint density at radius 2 is 2.53 bits per heavy atom. The summed E-state index contributed by atoms with van der Waals surface area (Å²) in [6.07, 6.45) is 6.43. The maximum absolute atomic E-state index is 11.5. The average Bonchev–Trinajstić information content (AvgIpc) is 2.95. The maximum atomic E-state index is 11.5. The van der Waals surface area contributed by atoms with E-state index >= 15 is 0 Å². The number of H-pyrrole nitrogens is 1. The maximum Gasteiger partial charge on any atom is 0.244 e. The Morgan fingerprint density at radius 1 is 1.65 bits per heavy atom. The molecule has 88 valence electrons. The van der Waals surface area contributed by atoms with Crippen LogP contribution in [0.2, 0.25) is 0 Å². The van der Waals surface area contributed by atoms with Crippen LogP contribution in [0.25, 0.3) is 6.08 Å². The Hall–Kier alpha value is -1.95. The summed E-state index contributed by atoms with van der Waals surface area (Å²) in [5.41, 5.74) is 1.68. The number of aromatic amines is 1. The number of thiazole rings is 1. The van der Waals surface area contributed by atoms with Gasteiger partial charge in [0.1, 0.15) is 0 Å². The van der Waals surface area contributed by atoms with E-state index in [4.69, 9.17) is 0 Å². The van der Waals surface area contributed by atoms with Crippen LogP contribution in [-0.2, 0) is 11.3 Å². The summed E-state index contributed by atoms with van der Waals surface area (Å²) in [5.74, 6) is -0.148. The van der Waals surface area contributed by atoms with Gasteiger partial charge in [-0.2, -0.15) is 0 Å². The predicted molar refractivity (Wildman–Crippen MR) is 66.3 cm³/mol. The van der Waals surface area contributed by atoms with Crippen LogP contribution in [0.15, 0.2) is 24.0 Å². The second-order valence-corrected chi connectivity index (χ2v) is 4.48. The van der Waals surface area contributed by atoms with Gasteiger partial charge in [-0.15, -0.1) is 11.3 Å². The van der Waals surface area contributed by atoms with E-state index in [1.165, 1.54) is 6.08 Å². The molecule has 2 heterocycles. The molecule has 5 nitrogen and oxygen atoms in total. The Morgan fingerprint density at radius 3 is 3.18 bits per heavy atom. The molecule has 2 rings (SSSR count). The molecule has 1 amide bonds. The Kier molecular flexibility index (Phi) is 3.66. The molecule has 0 fully saturated rings. The Bertz CT molecular complexity index is 515. The van der Waals surface area contributed by atoms with E-state index in [1.807, 2.05) is 12.3 Å². The largest absolute Gasteiger partial charge is 0.347 e. The fraction of sp³-hybridized carbons (Fsp3) is 0.182. The highest BCUT2D eigenvalue weighted by molar-refractivity contribution is 7.09. The van der Waals surface area contributed by atoms with Gasteiger partial charge in [-0.05, 0) is 13.0 Å². The lowest BCUT2D eigenvalue weighted by Gasteiger charge is -1.98. The van der Waals surface area contributed by atoms with Crippen molar-refractivity contribution in [2.75, 3.05) is 0 Å². The number of aromatic nitrogens is 3. The van der Waals surface area contributed by atoms with Crippen molar-refractivity contribution in [1.29, 1.82) is 0 Å². The van der Waals surface area contributed by atoms with Crippen LogP contribution in [0.5, 0.6) is 0 Å². The molecule has 0 aromatic carbocycles. The fourth-order valence-corrected chi connectivity index (χ4v) is 1.82. The number of amides is 1. The number of rotatable bonds is 4.